The average Bonchev–Trinajstić information content (AvgIpc) is 2.74. The fraction of sp³-hybridized carbons (Fsp3) is 0.0714. The van der Waals surface area contributed by atoms with Crippen LogP contribution in [0.15, 0.2) is 36.7 Å². The summed E-state index contributed by atoms with van der Waals surface area (Å²) in [5, 5.41) is 9.88. The minimum Gasteiger partial charge on any atom is -0.476 e. The molecule has 0 aliphatic rings. The molecule has 19 heavy (non-hydrogen) atoms. The van der Waals surface area contributed by atoms with Crippen LogP contribution in [-0.2, 0) is 0 Å². The summed E-state index contributed by atoms with van der Waals surface area (Å²) < 4.78 is 0. The van der Waals surface area contributed by atoms with E-state index in [2.05, 4.69) is 15.0 Å². The van der Waals surface area contributed by atoms with Crippen LogP contribution >= 0.6 is 0 Å². The van der Waals surface area contributed by atoms with Crippen molar-refractivity contribution in [2.75, 3.05) is 0 Å². The van der Waals surface area contributed by atoms with Crippen LogP contribution in [-0.4, -0.2) is 26.0 Å². The summed E-state index contributed by atoms with van der Waals surface area (Å²) in [6.07, 6.45) is 2.77. The Bertz CT molecular complexity index is 760. The van der Waals surface area contributed by atoms with E-state index < -0.39 is 5.97 Å². The van der Waals surface area contributed by atoms with Crippen LogP contribution in [0.2, 0.25) is 0 Å². The number of H-pyrrole nitrogens is 1. The van der Waals surface area contributed by atoms with E-state index in [1.807, 2.05) is 31.2 Å². The number of carboxylic acid groups (broad SMARTS) is 1. The first-order valence-electron chi connectivity index (χ1n) is 5.80. The third-order valence-corrected chi connectivity index (χ3v) is 3.02. The lowest BCUT2D eigenvalue weighted by molar-refractivity contribution is 0.0690. The van der Waals surface area contributed by atoms with Crippen molar-refractivity contribution in [3.05, 3.63) is 48.0 Å². The number of hydrogen-bond donors (Lipinski definition) is 2. The molecule has 0 amide bonds. The summed E-state index contributed by atoms with van der Waals surface area (Å²) in [4.78, 5) is 22.1. The summed E-state index contributed by atoms with van der Waals surface area (Å²) in [7, 11) is 0. The molecule has 0 aliphatic carbocycles. The number of nitrogens with zero attached hydrogens (tertiary/aromatic N) is 2. The van der Waals surface area contributed by atoms with Gasteiger partial charge >= 0.3 is 5.97 Å². The monoisotopic (exact) mass is 253 g/mol. The fourth-order valence-corrected chi connectivity index (χ4v) is 2.17. The van der Waals surface area contributed by atoms with Crippen LogP contribution in [0.4, 0.5) is 0 Å². The molecule has 0 bridgehead atoms. The van der Waals surface area contributed by atoms with Crippen LogP contribution in [0.3, 0.4) is 0 Å². The van der Waals surface area contributed by atoms with Crippen LogP contribution in [0.25, 0.3) is 22.2 Å². The number of nitrogens with one attached hydrogen (secondary N) is 1. The molecule has 2 N–H and O–H groups in total. The first-order chi connectivity index (χ1) is 9.16. The third-order valence-electron chi connectivity index (χ3n) is 3.02. The normalized spacial score (nSPS) is 10.8. The first-order valence-corrected chi connectivity index (χ1v) is 5.80. The van der Waals surface area contributed by atoms with E-state index in [0.29, 0.717) is 5.69 Å². The lowest BCUT2D eigenvalue weighted by Crippen LogP contribution is -2.01. The van der Waals surface area contributed by atoms with Crippen molar-refractivity contribution in [2.45, 2.75) is 6.92 Å². The quantitative estimate of drug-likeness (QED) is 0.735. The van der Waals surface area contributed by atoms with Crippen molar-refractivity contribution in [2.24, 2.45) is 0 Å². The zero-order valence-corrected chi connectivity index (χ0v) is 10.2. The lowest BCUT2D eigenvalue weighted by Gasteiger charge is -2.01. The van der Waals surface area contributed by atoms with Gasteiger partial charge in [-0.2, -0.15) is 0 Å². The van der Waals surface area contributed by atoms with Gasteiger partial charge in [-0.1, -0.05) is 18.2 Å². The number of para-hydroxylation sites is 1. The van der Waals surface area contributed by atoms with Crippen molar-refractivity contribution in [1.82, 2.24) is 15.0 Å². The van der Waals surface area contributed by atoms with Gasteiger partial charge in [-0.15, -0.1) is 0 Å². The molecule has 0 saturated carbocycles. The number of aromatic nitrogens is 3. The standard InChI is InChI=1S/C14H11N3O2/c1-8-13(9-4-2-3-5-10(9)17-8)11-6-16-12(7-15-11)14(18)19/h2-7,17H,1H3,(H,18,19). The summed E-state index contributed by atoms with van der Waals surface area (Å²) in [6.45, 7) is 1.96. The molecule has 5 heteroatoms. The SMILES string of the molecule is Cc1[nH]c2ccccc2c1-c1cnc(C(=O)O)cn1. The highest BCUT2D eigenvalue weighted by Crippen LogP contribution is 2.30. The molecule has 0 fully saturated rings. The van der Waals surface area contributed by atoms with E-state index in [-0.39, 0.29) is 5.69 Å². The van der Waals surface area contributed by atoms with E-state index >= 15 is 0 Å². The summed E-state index contributed by atoms with van der Waals surface area (Å²) in [6, 6.07) is 7.91. The molecule has 2 aromatic heterocycles. The minimum atomic E-state index is -1.07. The van der Waals surface area contributed by atoms with Crippen molar-refractivity contribution in [1.29, 1.82) is 0 Å². The van der Waals surface area contributed by atoms with Gasteiger partial charge in [-0.3, -0.25) is 4.98 Å². The predicted octanol–water partition coefficient (Wildman–Crippen LogP) is 2.63. The Labute approximate surface area is 109 Å². The van der Waals surface area contributed by atoms with Gasteiger partial charge < -0.3 is 10.1 Å². The Hall–Kier alpha value is -2.69. The molecule has 0 aliphatic heterocycles. The summed E-state index contributed by atoms with van der Waals surface area (Å²) >= 11 is 0. The molecule has 0 unspecified atom stereocenters. The Morgan fingerprint density at radius 3 is 2.68 bits per heavy atom. The molecule has 0 spiro atoms. The van der Waals surface area contributed by atoms with Crippen molar-refractivity contribution in [3.63, 3.8) is 0 Å². The van der Waals surface area contributed by atoms with Gasteiger partial charge in [0.25, 0.3) is 0 Å². The number of carbonyl (C=O) groups is 1. The van der Waals surface area contributed by atoms with Gasteiger partial charge in [0, 0.05) is 22.2 Å². The highest BCUT2D eigenvalue weighted by Gasteiger charge is 2.12. The molecular formula is C14H11N3O2. The smallest absolute Gasteiger partial charge is 0.356 e. The van der Waals surface area contributed by atoms with Crippen molar-refractivity contribution >= 4 is 16.9 Å². The maximum Gasteiger partial charge on any atom is 0.356 e. The van der Waals surface area contributed by atoms with Crippen LogP contribution < -0.4 is 0 Å². The largest absolute Gasteiger partial charge is 0.476 e. The van der Waals surface area contributed by atoms with Gasteiger partial charge in [0.05, 0.1) is 18.1 Å². The molecule has 0 saturated heterocycles. The Kier molecular flexibility index (Phi) is 2.52. The number of rotatable bonds is 2. The zero-order chi connectivity index (χ0) is 13.4. The molecule has 3 rings (SSSR count). The molecule has 2 heterocycles. The number of aryl methyl sites for hydroxylation is 1. The van der Waals surface area contributed by atoms with Gasteiger partial charge in [0.2, 0.25) is 0 Å². The highest BCUT2D eigenvalue weighted by atomic mass is 16.4. The minimum absolute atomic E-state index is 0.0544. The van der Waals surface area contributed by atoms with Crippen LogP contribution in [0, 0.1) is 6.92 Å². The molecule has 3 aromatic rings. The molecule has 0 radical (unpaired) electrons. The Morgan fingerprint density at radius 2 is 2.00 bits per heavy atom. The van der Waals surface area contributed by atoms with Crippen molar-refractivity contribution < 1.29 is 9.90 Å². The highest BCUT2D eigenvalue weighted by molar-refractivity contribution is 5.96. The van der Waals surface area contributed by atoms with E-state index in [0.717, 1.165) is 22.2 Å². The maximum absolute atomic E-state index is 10.8. The van der Waals surface area contributed by atoms with E-state index in [9.17, 15) is 4.79 Å². The van der Waals surface area contributed by atoms with Crippen molar-refractivity contribution in [3.8, 4) is 11.3 Å². The average molecular weight is 253 g/mol. The Morgan fingerprint density at radius 1 is 1.21 bits per heavy atom. The molecule has 1 aromatic carbocycles. The number of aromatic amines is 1. The van der Waals surface area contributed by atoms with E-state index in [1.54, 1.807) is 0 Å². The van der Waals surface area contributed by atoms with Crippen LogP contribution in [0.1, 0.15) is 16.2 Å². The van der Waals surface area contributed by atoms with E-state index in [4.69, 9.17) is 5.11 Å². The molecule has 5 nitrogen and oxygen atoms in total. The van der Waals surface area contributed by atoms with Gasteiger partial charge in [-0.05, 0) is 13.0 Å². The summed E-state index contributed by atoms with van der Waals surface area (Å²) in [5.74, 6) is -1.07. The summed E-state index contributed by atoms with van der Waals surface area (Å²) in [5.41, 5.74) is 3.58. The second-order valence-corrected chi connectivity index (χ2v) is 4.26. The topological polar surface area (TPSA) is 78.9 Å². The maximum atomic E-state index is 10.8. The fourth-order valence-electron chi connectivity index (χ4n) is 2.17. The second-order valence-electron chi connectivity index (χ2n) is 4.26. The number of carboxylic acids is 1. The molecular weight excluding hydrogens is 242 g/mol. The van der Waals surface area contributed by atoms with E-state index in [1.165, 1.54) is 12.4 Å². The Balaban J connectivity index is 2.18. The first kappa shape index (κ1) is 11.4. The molecule has 94 valence electrons. The molecule has 0 atom stereocenters. The second kappa shape index (κ2) is 4.20. The predicted molar refractivity (Wildman–Crippen MR) is 71.0 cm³/mol. The number of fused-ring (bicyclic) bond motifs is 1. The van der Waals surface area contributed by atoms with Gasteiger partial charge in [-0.25, -0.2) is 9.78 Å². The van der Waals surface area contributed by atoms with Gasteiger partial charge in [0.15, 0.2) is 5.69 Å². The number of benzene rings is 1. The number of aromatic carboxylic acids is 1. The van der Waals surface area contributed by atoms with Crippen LogP contribution in [0.5, 0.6) is 0 Å². The third kappa shape index (κ3) is 1.85. The van der Waals surface area contributed by atoms with Gasteiger partial charge in [0.1, 0.15) is 0 Å². The number of hydrogen-bond acceptors (Lipinski definition) is 3. The lowest BCUT2D eigenvalue weighted by atomic mass is 10.1. The zero-order valence-electron chi connectivity index (χ0n) is 10.2.